The van der Waals surface area contributed by atoms with E-state index in [1.807, 2.05) is 18.2 Å². The molecule has 35 heavy (non-hydrogen) atoms. The van der Waals surface area contributed by atoms with E-state index < -0.39 is 12.0 Å². The smallest absolute Gasteiger partial charge is 0.338 e. The normalized spacial score (nSPS) is 15.5. The Balaban J connectivity index is 2.02. The number of halogens is 1. The number of thiazole rings is 1. The van der Waals surface area contributed by atoms with Gasteiger partial charge < -0.3 is 18.9 Å². The molecule has 3 aromatic rings. The molecule has 0 saturated carbocycles. The predicted molar refractivity (Wildman–Crippen MR) is 139 cm³/mol. The number of ether oxygens (including phenoxy) is 4. The van der Waals surface area contributed by atoms with Crippen LogP contribution in [0.15, 0.2) is 49.1 Å². The third-order valence-corrected chi connectivity index (χ3v) is 7.94. The maximum atomic E-state index is 13.7. The lowest BCUT2D eigenvalue weighted by Gasteiger charge is -2.26. The molecular formula is C24H23BrN2O6S2. The highest BCUT2D eigenvalue weighted by Gasteiger charge is 2.34. The van der Waals surface area contributed by atoms with E-state index in [0.717, 1.165) is 8.66 Å². The highest BCUT2D eigenvalue weighted by molar-refractivity contribution is 9.11. The highest BCUT2D eigenvalue weighted by atomic mass is 79.9. The van der Waals surface area contributed by atoms with Gasteiger partial charge in [-0.1, -0.05) is 11.3 Å². The first-order valence-corrected chi connectivity index (χ1v) is 13.0. The Kier molecular flexibility index (Phi) is 7.48. The minimum atomic E-state index is -0.795. The average molecular weight is 579 g/mol. The summed E-state index contributed by atoms with van der Waals surface area (Å²) in [5.74, 6) is 0.687. The van der Waals surface area contributed by atoms with Crippen LogP contribution in [0.2, 0.25) is 0 Å². The number of esters is 1. The van der Waals surface area contributed by atoms with E-state index in [9.17, 15) is 9.59 Å². The number of rotatable bonds is 7. The molecule has 0 N–H and O–H groups in total. The summed E-state index contributed by atoms with van der Waals surface area (Å²) >= 11 is 6.24. The van der Waals surface area contributed by atoms with Gasteiger partial charge in [-0.25, -0.2) is 9.79 Å². The fraction of sp³-hybridized carbons (Fsp3) is 0.292. The maximum absolute atomic E-state index is 13.7. The quantitative estimate of drug-likeness (QED) is 0.398. The van der Waals surface area contributed by atoms with Gasteiger partial charge in [-0.2, -0.15) is 0 Å². The number of carbonyl (C=O) groups excluding carboxylic acids is 1. The van der Waals surface area contributed by atoms with Crippen LogP contribution in [0.1, 0.15) is 30.3 Å². The van der Waals surface area contributed by atoms with Crippen LogP contribution in [0.25, 0.3) is 6.08 Å². The first-order valence-electron chi connectivity index (χ1n) is 10.6. The van der Waals surface area contributed by atoms with Crippen LogP contribution in [-0.2, 0) is 9.53 Å². The van der Waals surface area contributed by atoms with Gasteiger partial charge in [0, 0.05) is 4.88 Å². The number of aromatic nitrogens is 1. The number of fused-ring (bicyclic) bond motifs is 1. The summed E-state index contributed by atoms with van der Waals surface area (Å²) in [6, 6.07) is 6.53. The Labute approximate surface area is 217 Å². The van der Waals surface area contributed by atoms with Gasteiger partial charge in [0.15, 0.2) is 16.3 Å². The van der Waals surface area contributed by atoms with E-state index >= 15 is 0 Å². The third-order valence-electron chi connectivity index (χ3n) is 5.39. The molecule has 3 heterocycles. The molecule has 4 rings (SSSR count). The minimum Gasteiger partial charge on any atom is -0.493 e. The van der Waals surface area contributed by atoms with Crippen LogP contribution in [-0.4, -0.2) is 38.5 Å². The maximum Gasteiger partial charge on any atom is 0.338 e. The van der Waals surface area contributed by atoms with Crippen LogP contribution < -0.4 is 29.1 Å². The van der Waals surface area contributed by atoms with Crippen molar-refractivity contribution < 1.29 is 23.7 Å². The Hall–Kier alpha value is -2.89. The molecule has 0 bridgehead atoms. The SMILES string of the molecule is CCOC(=O)C1=C(C)N=c2sc(=Cc3ccc(Br)s3)c(=O)n2[C@@H]1c1cc(OC)c(OC)c(OC)c1. The Morgan fingerprint density at radius 1 is 1.14 bits per heavy atom. The van der Waals surface area contributed by atoms with Gasteiger partial charge in [0.2, 0.25) is 5.75 Å². The summed E-state index contributed by atoms with van der Waals surface area (Å²) in [6.07, 6.45) is 1.83. The summed E-state index contributed by atoms with van der Waals surface area (Å²) in [7, 11) is 4.54. The van der Waals surface area contributed by atoms with Crippen LogP contribution in [0.4, 0.5) is 0 Å². The van der Waals surface area contributed by atoms with Crippen molar-refractivity contribution in [3.63, 3.8) is 0 Å². The van der Waals surface area contributed by atoms with Crippen molar-refractivity contribution in [1.29, 1.82) is 0 Å². The van der Waals surface area contributed by atoms with Gasteiger partial charge in [0.1, 0.15) is 0 Å². The van der Waals surface area contributed by atoms with E-state index in [2.05, 4.69) is 20.9 Å². The number of carbonyl (C=O) groups is 1. The van der Waals surface area contributed by atoms with Crippen molar-refractivity contribution in [2.24, 2.45) is 4.99 Å². The fourth-order valence-corrected chi connectivity index (χ4v) is 6.38. The number of nitrogens with zero attached hydrogens (tertiary/aromatic N) is 2. The van der Waals surface area contributed by atoms with E-state index in [1.165, 1.54) is 48.6 Å². The van der Waals surface area contributed by atoms with Crippen molar-refractivity contribution in [3.05, 3.63) is 69.5 Å². The zero-order chi connectivity index (χ0) is 25.3. The van der Waals surface area contributed by atoms with Gasteiger partial charge in [-0.3, -0.25) is 9.36 Å². The largest absolute Gasteiger partial charge is 0.493 e. The molecule has 0 amide bonds. The van der Waals surface area contributed by atoms with E-state index in [-0.39, 0.29) is 17.7 Å². The number of methoxy groups -OCH3 is 3. The molecule has 1 atom stereocenters. The van der Waals surface area contributed by atoms with Crippen molar-refractivity contribution in [1.82, 2.24) is 4.57 Å². The van der Waals surface area contributed by atoms with Crippen molar-refractivity contribution >= 4 is 50.6 Å². The standard InChI is InChI=1S/C24H23BrN2O6S2/c1-6-33-23(29)19-12(2)26-24-27(22(28)17(35-24)11-14-7-8-18(25)34-14)20(19)13-9-15(30-3)21(32-5)16(10-13)31-4/h7-11,20H,6H2,1-5H3/t20-/m1/s1. The van der Waals surface area contributed by atoms with E-state index in [0.29, 0.717) is 37.8 Å². The second kappa shape index (κ2) is 10.4. The van der Waals surface area contributed by atoms with Gasteiger partial charge in [-0.05, 0) is 65.7 Å². The first kappa shape index (κ1) is 25.2. The summed E-state index contributed by atoms with van der Waals surface area (Å²) < 4.78 is 24.9. The van der Waals surface area contributed by atoms with Crippen LogP contribution in [0.5, 0.6) is 17.2 Å². The van der Waals surface area contributed by atoms with E-state index in [1.54, 1.807) is 26.0 Å². The molecule has 0 aliphatic carbocycles. The lowest BCUT2D eigenvalue weighted by atomic mass is 9.95. The highest BCUT2D eigenvalue weighted by Crippen LogP contribution is 2.42. The zero-order valence-corrected chi connectivity index (χ0v) is 22.9. The average Bonchev–Trinajstić information content (AvgIpc) is 3.39. The van der Waals surface area contributed by atoms with Gasteiger partial charge >= 0.3 is 5.97 Å². The summed E-state index contributed by atoms with van der Waals surface area (Å²) in [5, 5.41) is 0. The molecule has 1 aliphatic rings. The molecule has 184 valence electrons. The van der Waals surface area contributed by atoms with Crippen LogP contribution >= 0.6 is 38.6 Å². The predicted octanol–water partition coefficient (Wildman–Crippen LogP) is 3.65. The second-order valence-corrected chi connectivity index (χ2v) is 10.9. The molecule has 0 radical (unpaired) electrons. The lowest BCUT2D eigenvalue weighted by Crippen LogP contribution is -2.40. The summed E-state index contributed by atoms with van der Waals surface area (Å²) in [5.41, 5.74) is 1.10. The Bertz CT molecular complexity index is 1480. The number of hydrogen-bond donors (Lipinski definition) is 0. The zero-order valence-electron chi connectivity index (χ0n) is 19.7. The fourth-order valence-electron chi connectivity index (χ4n) is 3.90. The van der Waals surface area contributed by atoms with E-state index in [4.69, 9.17) is 18.9 Å². The summed E-state index contributed by atoms with van der Waals surface area (Å²) in [6.45, 7) is 3.66. The lowest BCUT2D eigenvalue weighted by molar-refractivity contribution is -0.139. The van der Waals surface area contributed by atoms with Gasteiger partial charge in [-0.15, -0.1) is 11.3 Å². The summed E-state index contributed by atoms with van der Waals surface area (Å²) in [4.78, 5) is 32.8. The molecule has 1 aromatic carbocycles. The Morgan fingerprint density at radius 2 is 1.83 bits per heavy atom. The monoisotopic (exact) mass is 578 g/mol. The molecule has 0 fully saturated rings. The van der Waals surface area contributed by atoms with Crippen molar-refractivity contribution in [3.8, 4) is 17.2 Å². The van der Waals surface area contributed by atoms with Crippen molar-refractivity contribution in [2.45, 2.75) is 19.9 Å². The number of hydrogen-bond acceptors (Lipinski definition) is 9. The molecule has 0 spiro atoms. The van der Waals surface area contributed by atoms with Gasteiger partial charge in [0.05, 0.1) is 53.6 Å². The number of benzene rings is 1. The molecular weight excluding hydrogens is 556 g/mol. The molecule has 8 nitrogen and oxygen atoms in total. The number of allylic oxidation sites excluding steroid dienone is 1. The first-order chi connectivity index (χ1) is 16.8. The van der Waals surface area contributed by atoms with Gasteiger partial charge in [0.25, 0.3) is 5.56 Å². The van der Waals surface area contributed by atoms with Crippen LogP contribution in [0, 0.1) is 0 Å². The van der Waals surface area contributed by atoms with Crippen molar-refractivity contribution in [2.75, 3.05) is 27.9 Å². The second-order valence-electron chi connectivity index (χ2n) is 7.40. The Morgan fingerprint density at radius 3 is 2.37 bits per heavy atom. The minimum absolute atomic E-state index is 0.190. The molecule has 0 unspecified atom stereocenters. The molecule has 11 heteroatoms. The topological polar surface area (TPSA) is 88.4 Å². The third kappa shape index (κ3) is 4.67. The molecule has 1 aliphatic heterocycles. The number of thiophene rings is 1. The molecule has 0 saturated heterocycles. The van der Waals surface area contributed by atoms with Crippen LogP contribution in [0.3, 0.4) is 0 Å². The molecule has 2 aromatic heterocycles.